The number of carboxylic acid groups (broad SMARTS) is 1. The summed E-state index contributed by atoms with van der Waals surface area (Å²) in [6.07, 6.45) is 3.80. The monoisotopic (exact) mass is 309 g/mol. The van der Waals surface area contributed by atoms with Crippen LogP contribution in [0.15, 0.2) is 54.9 Å². The summed E-state index contributed by atoms with van der Waals surface area (Å²) in [6.45, 7) is 0. The van der Waals surface area contributed by atoms with Gasteiger partial charge in [-0.15, -0.1) is 0 Å². The number of pyridine rings is 1. The first-order chi connectivity index (χ1) is 11.2. The first-order valence-corrected chi connectivity index (χ1v) is 7.03. The Balaban J connectivity index is 1.89. The Hall–Kier alpha value is -3.15. The van der Waals surface area contributed by atoms with Crippen molar-refractivity contribution in [3.05, 3.63) is 71.7 Å². The van der Waals surface area contributed by atoms with Crippen LogP contribution in [-0.2, 0) is 6.42 Å². The third kappa shape index (κ3) is 3.21. The molecule has 0 amide bonds. The molecule has 3 aromatic rings. The van der Waals surface area contributed by atoms with Crippen molar-refractivity contribution in [2.45, 2.75) is 6.42 Å². The van der Waals surface area contributed by atoms with E-state index in [4.69, 9.17) is 9.84 Å². The van der Waals surface area contributed by atoms with E-state index in [1.165, 1.54) is 18.3 Å². The van der Waals surface area contributed by atoms with E-state index in [-0.39, 0.29) is 5.56 Å². The topological polar surface area (TPSA) is 77.2 Å². The van der Waals surface area contributed by atoms with Gasteiger partial charge in [0.1, 0.15) is 5.75 Å². The quantitative estimate of drug-likeness (QED) is 0.784. The Labute approximate surface area is 133 Å². The maximum absolute atomic E-state index is 11.1. The Kier molecular flexibility index (Phi) is 4.05. The predicted octanol–water partition coefficient (Wildman–Crippen LogP) is 2.56. The van der Waals surface area contributed by atoms with Gasteiger partial charge < -0.3 is 9.84 Å². The Morgan fingerprint density at radius 3 is 2.65 bits per heavy atom. The summed E-state index contributed by atoms with van der Waals surface area (Å²) in [7, 11) is 1.63. The molecule has 1 N–H and O–H groups in total. The van der Waals surface area contributed by atoms with Gasteiger partial charge in [-0.2, -0.15) is 5.10 Å². The molecule has 0 radical (unpaired) electrons. The fraction of sp³-hybridized carbons (Fsp3) is 0.118. The molecule has 2 aromatic heterocycles. The highest BCUT2D eigenvalue weighted by molar-refractivity contribution is 5.87. The highest BCUT2D eigenvalue weighted by atomic mass is 16.5. The lowest BCUT2D eigenvalue weighted by Gasteiger charge is -2.08. The summed E-state index contributed by atoms with van der Waals surface area (Å²) >= 11 is 0. The average Bonchev–Trinajstić information content (AvgIpc) is 3.04. The fourth-order valence-corrected chi connectivity index (χ4v) is 2.29. The third-order valence-electron chi connectivity index (χ3n) is 3.47. The highest BCUT2D eigenvalue weighted by Crippen LogP contribution is 2.17. The van der Waals surface area contributed by atoms with Gasteiger partial charge in [0.15, 0.2) is 5.82 Å². The number of hydrogen-bond acceptors (Lipinski definition) is 4. The first-order valence-electron chi connectivity index (χ1n) is 7.03. The molecule has 0 spiro atoms. The number of ether oxygens (including phenoxy) is 1. The van der Waals surface area contributed by atoms with Crippen LogP contribution >= 0.6 is 0 Å². The number of rotatable bonds is 5. The van der Waals surface area contributed by atoms with Crippen molar-refractivity contribution in [3.8, 4) is 11.6 Å². The van der Waals surface area contributed by atoms with Crippen molar-refractivity contribution in [3.63, 3.8) is 0 Å². The molecule has 1 aromatic carbocycles. The molecule has 0 saturated carbocycles. The second-order valence-corrected chi connectivity index (χ2v) is 4.97. The molecule has 6 heteroatoms. The minimum absolute atomic E-state index is 0.181. The number of aromatic carboxylic acids is 1. The summed E-state index contributed by atoms with van der Waals surface area (Å²) < 4.78 is 6.80. The van der Waals surface area contributed by atoms with Crippen molar-refractivity contribution in [2.24, 2.45) is 0 Å². The van der Waals surface area contributed by atoms with Gasteiger partial charge in [0.05, 0.1) is 18.4 Å². The number of methoxy groups -OCH3 is 1. The standard InChI is InChI=1S/C17H15N3O3/c1-23-15-4-2-12(3-5-15)10-14-7-9-19-20(14)16-11-13(17(21)22)6-8-18-16/h2-9,11H,10H2,1H3,(H,21,22). The Bertz CT molecular complexity index is 825. The van der Waals surface area contributed by atoms with E-state index < -0.39 is 5.97 Å². The summed E-state index contributed by atoms with van der Waals surface area (Å²) in [4.78, 5) is 15.3. The van der Waals surface area contributed by atoms with Crippen LogP contribution < -0.4 is 4.74 Å². The van der Waals surface area contributed by atoms with Crippen LogP contribution in [0.4, 0.5) is 0 Å². The average molecular weight is 309 g/mol. The lowest BCUT2D eigenvalue weighted by atomic mass is 10.1. The largest absolute Gasteiger partial charge is 0.497 e. The van der Waals surface area contributed by atoms with Gasteiger partial charge in [-0.05, 0) is 35.9 Å². The van der Waals surface area contributed by atoms with E-state index in [1.807, 2.05) is 30.3 Å². The summed E-state index contributed by atoms with van der Waals surface area (Å²) in [5, 5.41) is 13.3. The molecule has 0 aliphatic carbocycles. The van der Waals surface area contributed by atoms with Gasteiger partial charge in [0.2, 0.25) is 0 Å². The van der Waals surface area contributed by atoms with E-state index in [0.29, 0.717) is 12.2 Å². The maximum atomic E-state index is 11.1. The molecule has 0 atom stereocenters. The van der Waals surface area contributed by atoms with E-state index >= 15 is 0 Å². The van der Waals surface area contributed by atoms with Crippen LogP contribution in [0.1, 0.15) is 21.6 Å². The molecule has 0 unspecified atom stereocenters. The molecular formula is C17H15N3O3. The van der Waals surface area contributed by atoms with E-state index in [9.17, 15) is 4.79 Å². The molecule has 6 nitrogen and oxygen atoms in total. The van der Waals surface area contributed by atoms with E-state index in [2.05, 4.69) is 10.1 Å². The molecule has 0 saturated heterocycles. The third-order valence-corrected chi connectivity index (χ3v) is 3.47. The lowest BCUT2D eigenvalue weighted by molar-refractivity contribution is 0.0696. The number of benzene rings is 1. The SMILES string of the molecule is COc1ccc(Cc2ccnn2-c2cc(C(=O)O)ccn2)cc1. The zero-order chi connectivity index (χ0) is 16.2. The number of hydrogen-bond donors (Lipinski definition) is 1. The fourth-order valence-electron chi connectivity index (χ4n) is 2.29. The van der Waals surface area contributed by atoms with E-state index in [0.717, 1.165) is 17.0 Å². The molecule has 0 fully saturated rings. The normalized spacial score (nSPS) is 10.5. The number of aromatic nitrogens is 3. The summed E-state index contributed by atoms with van der Waals surface area (Å²) in [6, 6.07) is 12.6. The number of carbonyl (C=O) groups is 1. The Morgan fingerprint density at radius 1 is 1.17 bits per heavy atom. The van der Waals surface area contributed by atoms with Gasteiger partial charge >= 0.3 is 5.97 Å². The lowest BCUT2D eigenvalue weighted by Crippen LogP contribution is -2.07. The molecule has 2 heterocycles. The molecular weight excluding hydrogens is 294 g/mol. The van der Waals surface area contributed by atoms with Crippen molar-refractivity contribution in [2.75, 3.05) is 7.11 Å². The molecule has 0 aliphatic rings. The Morgan fingerprint density at radius 2 is 1.96 bits per heavy atom. The van der Waals surface area contributed by atoms with Crippen molar-refractivity contribution in [1.82, 2.24) is 14.8 Å². The van der Waals surface area contributed by atoms with Crippen LogP contribution in [0, 0.1) is 0 Å². The number of carboxylic acids is 1. The maximum Gasteiger partial charge on any atom is 0.335 e. The van der Waals surface area contributed by atoms with Crippen LogP contribution in [0.3, 0.4) is 0 Å². The molecule has 0 aliphatic heterocycles. The van der Waals surface area contributed by atoms with Gasteiger partial charge in [0, 0.05) is 18.8 Å². The summed E-state index contributed by atoms with van der Waals surface area (Å²) in [5.41, 5.74) is 2.20. The van der Waals surface area contributed by atoms with Gasteiger partial charge in [-0.25, -0.2) is 14.5 Å². The second-order valence-electron chi connectivity index (χ2n) is 4.97. The number of nitrogens with zero attached hydrogens (tertiary/aromatic N) is 3. The van der Waals surface area contributed by atoms with Crippen molar-refractivity contribution < 1.29 is 14.6 Å². The van der Waals surface area contributed by atoms with Crippen LogP contribution in [0.2, 0.25) is 0 Å². The minimum atomic E-state index is -0.988. The zero-order valence-electron chi connectivity index (χ0n) is 12.5. The van der Waals surface area contributed by atoms with Gasteiger partial charge in [-0.1, -0.05) is 12.1 Å². The molecule has 0 bridgehead atoms. The highest BCUT2D eigenvalue weighted by Gasteiger charge is 2.10. The van der Waals surface area contributed by atoms with Crippen molar-refractivity contribution >= 4 is 5.97 Å². The van der Waals surface area contributed by atoms with Crippen molar-refractivity contribution in [1.29, 1.82) is 0 Å². The molecule has 116 valence electrons. The first kappa shape index (κ1) is 14.8. The van der Waals surface area contributed by atoms with Gasteiger partial charge in [-0.3, -0.25) is 0 Å². The van der Waals surface area contributed by atoms with Crippen LogP contribution in [-0.4, -0.2) is 33.0 Å². The van der Waals surface area contributed by atoms with Crippen LogP contribution in [0.25, 0.3) is 5.82 Å². The molecule has 23 heavy (non-hydrogen) atoms. The zero-order valence-corrected chi connectivity index (χ0v) is 12.5. The van der Waals surface area contributed by atoms with E-state index in [1.54, 1.807) is 18.0 Å². The van der Waals surface area contributed by atoms with Gasteiger partial charge in [0.25, 0.3) is 0 Å². The molecule has 3 rings (SSSR count). The second kappa shape index (κ2) is 6.31. The van der Waals surface area contributed by atoms with Crippen LogP contribution in [0.5, 0.6) is 5.75 Å². The predicted molar refractivity (Wildman–Crippen MR) is 84.1 cm³/mol. The summed E-state index contributed by atoms with van der Waals surface area (Å²) in [5.74, 6) is 0.300. The minimum Gasteiger partial charge on any atom is -0.497 e. The smallest absolute Gasteiger partial charge is 0.335 e.